The van der Waals surface area contributed by atoms with Crippen molar-refractivity contribution in [3.63, 3.8) is 0 Å². The maximum absolute atomic E-state index is 6.09. The Hall–Kier alpha value is -0.770. The number of nitrogens with zero attached hydrogens (tertiary/aromatic N) is 1. The van der Waals surface area contributed by atoms with Crippen LogP contribution in [-0.2, 0) is 11.3 Å². The molecule has 1 aromatic carbocycles. The molecule has 1 N–H and O–H groups in total. The second-order valence-electron chi connectivity index (χ2n) is 5.17. The predicted octanol–water partition coefficient (Wildman–Crippen LogP) is 2.43. The van der Waals surface area contributed by atoms with E-state index in [1.165, 1.54) is 24.1 Å². The smallest absolute Gasteiger partial charge is 0.0755 e. The van der Waals surface area contributed by atoms with E-state index in [0.717, 1.165) is 24.7 Å². The van der Waals surface area contributed by atoms with E-state index in [0.29, 0.717) is 12.2 Å². The van der Waals surface area contributed by atoms with E-state index in [4.69, 9.17) is 16.3 Å². The summed E-state index contributed by atoms with van der Waals surface area (Å²) in [6, 6.07) is 6.18. The van der Waals surface area contributed by atoms with Gasteiger partial charge < -0.3 is 15.0 Å². The minimum atomic E-state index is 0.418. The van der Waals surface area contributed by atoms with Gasteiger partial charge in [0.15, 0.2) is 0 Å². The zero-order valence-corrected chi connectivity index (χ0v) is 11.4. The van der Waals surface area contributed by atoms with Gasteiger partial charge in [-0.1, -0.05) is 11.6 Å². The molecule has 2 aliphatic heterocycles. The van der Waals surface area contributed by atoms with Gasteiger partial charge in [0.2, 0.25) is 0 Å². The van der Waals surface area contributed by atoms with Crippen molar-refractivity contribution in [2.45, 2.75) is 31.6 Å². The molecular formula is C14H19ClN2O. The van der Waals surface area contributed by atoms with Crippen LogP contribution in [0.3, 0.4) is 0 Å². The number of anilines is 1. The lowest BCUT2D eigenvalue weighted by Crippen LogP contribution is -2.43. The molecule has 2 unspecified atom stereocenters. The largest absolute Gasteiger partial charge is 0.371 e. The highest BCUT2D eigenvalue weighted by atomic mass is 35.5. The topological polar surface area (TPSA) is 24.5 Å². The van der Waals surface area contributed by atoms with E-state index in [9.17, 15) is 0 Å². The van der Waals surface area contributed by atoms with Crippen molar-refractivity contribution >= 4 is 17.3 Å². The number of fused-ring (bicyclic) bond motifs is 2. The summed E-state index contributed by atoms with van der Waals surface area (Å²) >= 11 is 6.09. The SMILES string of the molecule is CNCc1cc(Cl)ccc1N1CC2CCC(C1)O2. The summed E-state index contributed by atoms with van der Waals surface area (Å²) in [5, 5.41) is 4.02. The Morgan fingerprint density at radius 3 is 2.72 bits per heavy atom. The third-order valence-corrected chi connectivity index (χ3v) is 4.03. The Labute approximate surface area is 113 Å². The van der Waals surface area contributed by atoms with Gasteiger partial charge in [0.25, 0.3) is 0 Å². The number of morpholine rings is 1. The minimum Gasteiger partial charge on any atom is -0.371 e. The van der Waals surface area contributed by atoms with Crippen molar-refractivity contribution in [2.24, 2.45) is 0 Å². The average Bonchev–Trinajstić information content (AvgIpc) is 2.69. The first kappa shape index (κ1) is 12.3. The molecule has 2 heterocycles. The van der Waals surface area contributed by atoms with Crippen molar-refractivity contribution < 1.29 is 4.74 Å². The van der Waals surface area contributed by atoms with E-state index in [1.54, 1.807) is 0 Å². The predicted molar refractivity (Wildman–Crippen MR) is 74.3 cm³/mol. The first-order valence-electron chi connectivity index (χ1n) is 6.59. The number of benzene rings is 1. The number of nitrogens with one attached hydrogen (secondary N) is 1. The Morgan fingerprint density at radius 2 is 2.06 bits per heavy atom. The molecule has 98 valence electrons. The summed E-state index contributed by atoms with van der Waals surface area (Å²) in [5.74, 6) is 0. The molecule has 0 aromatic heterocycles. The lowest BCUT2D eigenvalue weighted by molar-refractivity contribution is 0.0304. The van der Waals surface area contributed by atoms with Crippen LogP contribution in [0.25, 0.3) is 0 Å². The fraction of sp³-hybridized carbons (Fsp3) is 0.571. The first-order chi connectivity index (χ1) is 8.76. The van der Waals surface area contributed by atoms with Gasteiger partial charge in [0.05, 0.1) is 12.2 Å². The van der Waals surface area contributed by atoms with Crippen LogP contribution in [0.4, 0.5) is 5.69 Å². The molecule has 18 heavy (non-hydrogen) atoms. The average molecular weight is 267 g/mol. The van der Waals surface area contributed by atoms with E-state index in [1.807, 2.05) is 13.1 Å². The summed E-state index contributed by atoms with van der Waals surface area (Å²) in [6.07, 6.45) is 3.25. The van der Waals surface area contributed by atoms with Gasteiger partial charge >= 0.3 is 0 Å². The maximum Gasteiger partial charge on any atom is 0.0755 e. The van der Waals surface area contributed by atoms with Crippen molar-refractivity contribution in [1.82, 2.24) is 5.32 Å². The van der Waals surface area contributed by atoms with Gasteiger partial charge in [0, 0.05) is 30.3 Å². The van der Waals surface area contributed by atoms with Gasteiger partial charge in [-0.2, -0.15) is 0 Å². The number of hydrogen-bond donors (Lipinski definition) is 1. The van der Waals surface area contributed by atoms with Crippen LogP contribution >= 0.6 is 11.6 Å². The van der Waals surface area contributed by atoms with E-state index < -0.39 is 0 Å². The standard InChI is InChI=1S/C14H19ClN2O/c1-16-7-10-6-11(15)2-5-14(10)17-8-12-3-4-13(9-17)18-12/h2,5-6,12-13,16H,3-4,7-9H2,1H3. The summed E-state index contributed by atoms with van der Waals surface area (Å²) in [6.45, 7) is 2.87. The summed E-state index contributed by atoms with van der Waals surface area (Å²) in [4.78, 5) is 2.45. The zero-order chi connectivity index (χ0) is 12.5. The molecule has 2 fully saturated rings. The molecule has 4 heteroatoms. The summed E-state index contributed by atoms with van der Waals surface area (Å²) in [5.41, 5.74) is 2.57. The molecule has 2 bridgehead atoms. The molecule has 2 aliphatic rings. The summed E-state index contributed by atoms with van der Waals surface area (Å²) < 4.78 is 5.89. The molecule has 0 aliphatic carbocycles. The van der Waals surface area contributed by atoms with Crippen LogP contribution in [0.5, 0.6) is 0 Å². The van der Waals surface area contributed by atoms with E-state index in [2.05, 4.69) is 22.3 Å². The van der Waals surface area contributed by atoms with Crippen molar-refractivity contribution in [2.75, 3.05) is 25.0 Å². The van der Waals surface area contributed by atoms with Crippen molar-refractivity contribution in [3.05, 3.63) is 28.8 Å². The Morgan fingerprint density at radius 1 is 1.33 bits per heavy atom. The molecule has 2 saturated heterocycles. The zero-order valence-electron chi connectivity index (χ0n) is 10.7. The van der Waals surface area contributed by atoms with Crippen LogP contribution in [0.1, 0.15) is 18.4 Å². The Kier molecular flexibility index (Phi) is 3.46. The van der Waals surface area contributed by atoms with Crippen LogP contribution < -0.4 is 10.2 Å². The number of rotatable bonds is 3. The normalized spacial score (nSPS) is 26.7. The minimum absolute atomic E-state index is 0.418. The quantitative estimate of drug-likeness (QED) is 0.909. The third kappa shape index (κ3) is 2.35. The Balaban J connectivity index is 1.86. The number of halogens is 1. The second kappa shape index (κ2) is 5.08. The fourth-order valence-electron chi connectivity index (χ4n) is 3.01. The van der Waals surface area contributed by atoms with Gasteiger partial charge in [-0.25, -0.2) is 0 Å². The van der Waals surface area contributed by atoms with Gasteiger partial charge in [-0.15, -0.1) is 0 Å². The van der Waals surface area contributed by atoms with Gasteiger partial charge in [-0.3, -0.25) is 0 Å². The molecule has 3 rings (SSSR count). The van der Waals surface area contributed by atoms with Crippen LogP contribution in [0, 0.1) is 0 Å². The van der Waals surface area contributed by atoms with Crippen LogP contribution in [-0.4, -0.2) is 32.3 Å². The monoisotopic (exact) mass is 266 g/mol. The van der Waals surface area contributed by atoms with Gasteiger partial charge in [0.1, 0.15) is 0 Å². The maximum atomic E-state index is 6.09. The van der Waals surface area contributed by atoms with E-state index in [-0.39, 0.29) is 0 Å². The third-order valence-electron chi connectivity index (χ3n) is 3.79. The van der Waals surface area contributed by atoms with E-state index >= 15 is 0 Å². The lowest BCUT2D eigenvalue weighted by atomic mass is 10.1. The molecule has 0 radical (unpaired) electrons. The van der Waals surface area contributed by atoms with Gasteiger partial charge in [-0.05, 0) is 43.7 Å². The highest BCUT2D eigenvalue weighted by Crippen LogP contribution is 2.32. The van der Waals surface area contributed by atoms with Crippen LogP contribution in [0.15, 0.2) is 18.2 Å². The molecule has 2 atom stereocenters. The van der Waals surface area contributed by atoms with Crippen molar-refractivity contribution in [3.8, 4) is 0 Å². The highest BCUT2D eigenvalue weighted by Gasteiger charge is 2.34. The molecular weight excluding hydrogens is 248 g/mol. The Bertz CT molecular complexity index is 426. The number of ether oxygens (including phenoxy) is 1. The number of hydrogen-bond acceptors (Lipinski definition) is 3. The molecule has 0 saturated carbocycles. The molecule has 0 amide bonds. The highest BCUT2D eigenvalue weighted by molar-refractivity contribution is 6.30. The molecule has 1 aromatic rings. The van der Waals surface area contributed by atoms with Crippen molar-refractivity contribution in [1.29, 1.82) is 0 Å². The molecule has 0 spiro atoms. The lowest BCUT2D eigenvalue weighted by Gasteiger charge is -2.35. The first-order valence-corrected chi connectivity index (χ1v) is 6.97. The molecule has 3 nitrogen and oxygen atoms in total. The fourth-order valence-corrected chi connectivity index (χ4v) is 3.20. The second-order valence-corrected chi connectivity index (χ2v) is 5.60. The van der Waals surface area contributed by atoms with Crippen LogP contribution in [0.2, 0.25) is 5.02 Å². The summed E-state index contributed by atoms with van der Waals surface area (Å²) in [7, 11) is 1.97.